The van der Waals surface area contributed by atoms with E-state index in [1.807, 2.05) is 0 Å². The second-order valence-corrected chi connectivity index (χ2v) is 5.61. The van der Waals surface area contributed by atoms with Gasteiger partial charge in [-0.25, -0.2) is 0 Å². The van der Waals surface area contributed by atoms with Crippen LogP contribution in [0.15, 0.2) is 0 Å². The lowest BCUT2D eigenvalue weighted by Crippen LogP contribution is -2.25. The number of hydrogen-bond donors (Lipinski definition) is 0. The minimum Gasteiger partial charge on any atom is -0.291 e. The summed E-state index contributed by atoms with van der Waals surface area (Å²) in [6, 6.07) is 0. The summed E-state index contributed by atoms with van der Waals surface area (Å²) in [5, 5.41) is 0. The van der Waals surface area contributed by atoms with Gasteiger partial charge < -0.3 is 0 Å². The summed E-state index contributed by atoms with van der Waals surface area (Å²) in [6.45, 7) is 16.1. The molecule has 14 heavy (non-hydrogen) atoms. The van der Waals surface area contributed by atoms with Gasteiger partial charge in [0.05, 0.1) is 0 Å². The Morgan fingerprint density at radius 1 is 0.643 bits per heavy atom. The van der Waals surface area contributed by atoms with Crippen molar-refractivity contribution in [1.82, 2.24) is 0 Å². The Bertz CT molecular complexity index is 177. The van der Waals surface area contributed by atoms with Crippen LogP contribution in [-0.2, 0) is 9.59 Å². The molecule has 0 radical (unpaired) electrons. The van der Waals surface area contributed by atoms with E-state index < -0.39 is 0 Å². The molecule has 2 nitrogen and oxygen atoms in total. The molecule has 0 amide bonds. The highest BCUT2D eigenvalue weighted by Gasteiger charge is 2.26. The van der Waals surface area contributed by atoms with Crippen molar-refractivity contribution in [3.8, 4) is 0 Å². The number of Topliss-reactive ketones (excluding diaryl/α,β-unsaturated/α-hetero) is 2. The molecule has 84 valence electrons. The van der Waals surface area contributed by atoms with Crippen molar-refractivity contribution in [2.45, 2.75) is 55.4 Å². The molecule has 2 heteroatoms. The molecule has 0 bridgehead atoms. The predicted octanol–water partition coefficient (Wildman–Crippen LogP) is 3.24. The molecule has 0 rings (SSSR count). The molecule has 0 aromatic carbocycles. The van der Waals surface area contributed by atoms with Crippen LogP contribution < -0.4 is 0 Å². The van der Waals surface area contributed by atoms with Gasteiger partial charge >= 0.3 is 0 Å². The second-order valence-electron chi connectivity index (χ2n) is 5.61. The molecule has 0 saturated heterocycles. The fraction of sp³-hybridized carbons (Fsp3) is 0.833. The summed E-state index contributed by atoms with van der Waals surface area (Å²) in [7, 11) is 0. The van der Waals surface area contributed by atoms with Crippen molar-refractivity contribution in [3.05, 3.63) is 0 Å². The van der Waals surface area contributed by atoms with Crippen LogP contribution in [0.5, 0.6) is 0 Å². The van der Waals surface area contributed by atoms with E-state index in [9.17, 15) is 9.59 Å². The minimum atomic E-state index is -0.380. The Morgan fingerprint density at radius 2 is 0.786 bits per heavy atom. The SMILES string of the molecule is CC(=O)C(C)=O.CC(C)(C)C(C)(C)C. The van der Waals surface area contributed by atoms with Gasteiger partial charge in [-0.3, -0.25) is 9.59 Å². The molecule has 0 N–H and O–H groups in total. The Hall–Kier alpha value is -0.660. The van der Waals surface area contributed by atoms with Crippen LogP contribution in [0, 0.1) is 10.8 Å². The zero-order valence-corrected chi connectivity index (χ0v) is 10.8. The molecule has 0 fully saturated rings. The predicted molar refractivity (Wildman–Crippen MR) is 60.3 cm³/mol. The first-order chi connectivity index (χ1) is 5.89. The maximum absolute atomic E-state index is 9.79. The lowest BCUT2D eigenvalue weighted by atomic mass is 9.71. The first-order valence-corrected chi connectivity index (χ1v) is 4.91. The van der Waals surface area contributed by atoms with Gasteiger partial charge in [0.25, 0.3) is 0 Å². The quantitative estimate of drug-likeness (QED) is 0.609. The third-order valence-electron chi connectivity index (χ3n) is 2.75. The summed E-state index contributed by atoms with van der Waals surface area (Å²) in [5.41, 5.74) is 0.875. The number of carbonyl (C=O) groups excluding carboxylic acids is 2. The first-order valence-electron chi connectivity index (χ1n) is 4.91. The molecular formula is C12H24O2. The zero-order chi connectivity index (χ0) is 12.2. The van der Waals surface area contributed by atoms with Crippen molar-refractivity contribution in [3.63, 3.8) is 0 Å². The van der Waals surface area contributed by atoms with Crippen LogP contribution in [-0.4, -0.2) is 11.6 Å². The van der Waals surface area contributed by atoms with Crippen LogP contribution in [0.4, 0.5) is 0 Å². The standard InChI is InChI=1S/C8H18.C4H6O2/c1-7(2,3)8(4,5)6;1-3(5)4(2)6/h1-6H3;1-2H3. The summed E-state index contributed by atoms with van der Waals surface area (Å²) in [4.78, 5) is 19.6. The van der Waals surface area contributed by atoms with Crippen LogP contribution in [0.25, 0.3) is 0 Å². The van der Waals surface area contributed by atoms with E-state index in [-0.39, 0.29) is 11.6 Å². The third-order valence-corrected chi connectivity index (χ3v) is 2.75. The molecule has 0 aliphatic heterocycles. The van der Waals surface area contributed by atoms with Gasteiger partial charge in [-0.05, 0) is 10.8 Å². The fourth-order valence-corrected chi connectivity index (χ4v) is 0. The van der Waals surface area contributed by atoms with E-state index in [2.05, 4.69) is 41.5 Å². The Balaban J connectivity index is 0. The van der Waals surface area contributed by atoms with Gasteiger partial charge in [0.2, 0.25) is 0 Å². The van der Waals surface area contributed by atoms with Gasteiger partial charge in [-0.15, -0.1) is 0 Å². The smallest absolute Gasteiger partial charge is 0.195 e. The maximum atomic E-state index is 9.79. The first kappa shape index (κ1) is 15.8. The lowest BCUT2D eigenvalue weighted by molar-refractivity contribution is -0.134. The molecule has 0 aromatic heterocycles. The van der Waals surface area contributed by atoms with Crippen LogP contribution in [0.3, 0.4) is 0 Å². The highest BCUT2D eigenvalue weighted by molar-refractivity contribution is 6.35. The van der Waals surface area contributed by atoms with Crippen LogP contribution in [0.1, 0.15) is 55.4 Å². The van der Waals surface area contributed by atoms with Gasteiger partial charge in [-0.1, -0.05) is 41.5 Å². The van der Waals surface area contributed by atoms with E-state index >= 15 is 0 Å². The Labute approximate surface area is 88.1 Å². The number of rotatable bonds is 1. The average Bonchev–Trinajstić information content (AvgIpc) is 1.83. The Morgan fingerprint density at radius 3 is 0.786 bits per heavy atom. The van der Waals surface area contributed by atoms with Gasteiger partial charge in [0.15, 0.2) is 11.6 Å². The largest absolute Gasteiger partial charge is 0.291 e. The number of carbonyl (C=O) groups is 2. The van der Waals surface area contributed by atoms with E-state index in [0.29, 0.717) is 10.8 Å². The average molecular weight is 200 g/mol. The molecule has 0 saturated carbocycles. The van der Waals surface area contributed by atoms with Gasteiger partial charge in [0.1, 0.15) is 0 Å². The van der Waals surface area contributed by atoms with Crippen LogP contribution in [0.2, 0.25) is 0 Å². The maximum Gasteiger partial charge on any atom is 0.195 e. The summed E-state index contributed by atoms with van der Waals surface area (Å²) < 4.78 is 0. The molecule has 0 unspecified atom stereocenters. The van der Waals surface area contributed by atoms with Crippen molar-refractivity contribution >= 4 is 11.6 Å². The molecule has 0 atom stereocenters. The monoisotopic (exact) mass is 200 g/mol. The topological polar surface area (TPSA) is 34.1 Å². The van der Waals surface area contributed by atoms with Crippen molar-refractivity contribution < 1.29 is 9.59 Å². The van der Waals surface area contributed by atoms with E-state index in [0.717, 1.165) is 0 Å². The molecule has 0 heterocycles. The minimum absolute atomic E-state index is 0.380. The summed E-state index contributed by atoms with van der Waals surface area (Å²) >= 11 is 0. The van der Waals surface area contributed by atoms with Crippen LogP contribution >= 0.6 is 0 Å². The molecule has 0 aliphatic rings. The highest BCUT2D eigenvalue weighted by Crippen LogP contribution is 2.36. The highest BCUT2D eigenvalue weighted by atomic mass is 16.2. The van der Waals surface area contributed by atoms with Crippen molar-refractivity contribution in [2.75, 3.05) is 0 Å². The number of hydrogen-bond acceptors (Lipinski definition) is 2. The van der Waals surface area contributed by atoms with Crippen molar-refractivity contribution in [1.29, 1.82) is 0 Å². The normalized spacial score (nSPS) is 11.4. The third kappa shape index (κ3) is 7.96. The molecule has 0 aliphatic carbocycles. The van der Waals surface area contributed by atoms with E-state index in [1.54, 1.807) is 0 Å². The Kier molecular flexibility index (Phi) is 5.95. The van der Waals surface area contributed by atoms with Crippen molar-refractivity contribution in [2.24, 2.45) is 10.8 Å². The number of ketones is 2. The van der Waals surface area contributed by atoms with E-state index in [4.69, 9.17) is 0 Å². The lowest BCUT2D eigenvalue weighted by Gasteiger charge is -2.34. The second kappa shape index (κ2) is 5.28. The molecule has 0 spiro atoms. The molecular weight excluding hydrogens is 176 g/mol. The summed E-state index contributed by atoms with van der Waals surface area (Å²) in [6.07, 6.45) is 0. The fourth-order valence-electron chi connectivity index (χ4n) is 0. The van der Waals surface area contributed by atoms with E-state index in [1.165, 1.54) is 13.8 Å². The zero-order valence-electron chi connectivity index (χ0n) is 10.8. The van der Waals surface area contributed by atoms with Gasteiger partial charge in [0, 0.05) is 13.8 Å². The molecule has 0 aromatic rings. The summed E-state index contributed by atoms with van der Waals surface area (Å²) in [5.74, 6) is -0.759. The van der Waals surface area contributed by atoms with Gasteiger partial charge in [-0.2, -0.15) is 0 Å².